The van der Waals surface area contributed by atoms with E-state index in [4.69, 9.17) is 0 Å². The number of nitrogens with zero attached hydrogens (tertiary/aromatic N) is 2. The molecule has 0 spiro atoms. The van der Waals surface area contributed by atoms with Crippen LogP contribution in [0.4, 0.5) is 14.5 Å². The Hall–Kier alpha value is -2.15. The predicted molar refractivity (Wildman–Crippen MR) is 99.5 cm³/mol. The van der Waals surface area contributed by atoms with Gasteiger partial charge in [-0.15, -0.1) is 11.3 Å². The minimum Gasteiger partial charge on any atom is -0.365 e. The van der Waals surface area contributed by atoms with E-state index in [1.54, 1.807) is 23.3 Å². The van der Waals surface area contributed by atoms with E-state index in [1.165, 1.54) is 23.1 Å². The molecule has 1 atom stereocenters. The molecule has 1 saturated heterocycles. The Kier molecular flexibility index (Phi) is 5.86. The highest BCUT2D eigenvalue weighted by Gasteiger charge is 2.27. The van der Waals surface area contributed by atoms with Crippen LogP contribution in [0.2, 0.25) is 0 Å². The average molecular weight is 364 g/mol. The molecule has 0 amide bonds. The van der Waals surface area contributed by atoms with E-state index in [9.17, 15) is 8.78 Å². The van der Waals surface area contributed by atoms with Gasteiger partial charge in [0.05, 0.1) is 0 Å². The maximum atomic E-state index is 13.9. The van der Waals surface area contributed by atoms with E-state index < -0.39 is 11.6 Å². The van der Waals surface area contributed by atoms with Crippen molar-refractivity contribution in [2.24, 2.45) is 4.99 Å². The molecule has 7 heteroatoms. The molecular formula is C18H22F2N4S. The Balaban J connectivity index is 1.51. The largest absolute Gasteiger partial charge is 0.365 e. The second-order valence-corrected chi connectivity index (χ2v) is 7.01. The molecule has 2 heterocycles. The van der Waals surface area contributed by atoms with Crippen molar-refractivity contribution in [2.75, 3.05) is 31.6 Å². The molecule has 1 aromatic carbocycles. The molecule has 1 aliphatic heterocycles. The van der Waals surface area contributed by atoms with Gasteiger partial charge < -0.3 is 15.5 Å². The predicted octanol–water partition coefficient (Wildman–Crippen LogP) is 3.01. The van der Waals surface area contributed by atoms with Crippen LogP contribution in [0.5, 0.6) is 0 Å². The van der Waals surface area contributed by atoms with Gasteiger partial charge in [-0.1, -0.05) is 12.1 Å². The molecule has 1 unspecified atom stereocenters. The zero-order valence-corrected chi connectivity index (χ0v) is 15.0. The van der Waals surface area contributed by atoms with Crippen molar-refractivity contribution in [3.8, 4) is 0 Å². The molecule has 4 nitrogen and oxygen atoms in total. The molecule has 3 rings (SSSR count). The van der Waals surface area contributed by atoms with Crippen molar-refractivity contribution in [3.63, 3.8) is 0 Å². The van der Waals surface area contributed by atoms with E-state index >= 15 is 0 Å². The molecule has 134 valence electrons. The molecule has 0 aliphatic carbocycles. The second-order valence-electron chi connectivity index (χ2n) is 5.97. The first-order valence-electron chi connectivity index (χ1n) is 8.36. The highest BCUT2D eigenvalue weighted by atomic mass is 32.1. The molecule has 0 radical (unpaired) electrons. The number of thiophene rings is 1. The molecule has 1 fully saturated rings. The lowest BCUT2D eigenvalue weighted by molar-refractivity contribution is 0.576. The molecule has 0 saturated carbocycles. The molecule has 25 heavy (non-hydrogen) atoms. The van der Waals surface area contributed by atoms with Gasteiger partial charge in [-0.05, 0) is 36.4 Å². The molecule has 1 aliphatic rings. The summed E-state index contributed by atoms with van der Waals surface area (Å²) in [6.07, 6.45) is 1.75. The van der Waals surface area contributed by atoms with E-state index in [1.807, 2.05) is 6.07 Å². The molecule has 2 N–H and O–H groups in total. The second kappa shape index (κ2) is 8.29. The topological polar surface area (TPSA) is 39.7 Å². The minimum absolute atomic E-state index is 0.0624. The molecular weight excluding hydrogens is 342 g/mol. The number of guanidine groups is 1. The number of nitrogens with one attached hydrogen (secondary N) is 2. The molecule has 2 aromatic rings. The normalized spacial score (nSPS) is 17.8. The summed E-state index contributed by atoms with van der Waals surface area (Å²) in [5.74, 6) is -0.310. The lowest BCUT2D eigenvalue weighted by Crippen LogP contribution is -2.45. The summed E-state index contributed by atoms with van der Waals surface area (Å²) in [7, 11) is 1.73. The van der Waals surface area contributed by atoms with E-state index in [-0.39, 0.29) is 11.7 Å². The quantitative estimate of drug-likeness (QED) is 0.633. The van der Waals surface area contributed by atoms with Crippen LogP contribution >= 0.6 is 11.3 Å². The minimum atomic E-state index is -0.515. The van der Waals surface area contributed by atoms with Crippen LogP contribution in [0.3, 0.4) is 0 Å². The van der Waals surface area contributed by atoms with Crippen LogP contribution in [-0.2, 0) is 6.42 Å². The van der Waals surface area contributed by atoms with Gasteiger partial charge in [0.15, 0.2) is 5.96 Å². The van der Waals surface area contributed by atoms with Gasteiger partial charge in [-0.2, -0.15) is 0 Å². The Morgan fingerprint density at radius 3 is 2.76 bits per heavy atom. The van der Waals surface area contributed by atoms with Gasteiger partial charge in [0.2, 0.25) is 0 Å². The standard InChI is InChI=1S/C18H22F2N4S/c1-21-18(22-9-7-14-4-3-11-25-14)23-13-8-10-24(12-13)17-15(19)5-2-6-16(17)20/h2-6,11,13H,7-10,12H2,1H3,(H2,21,22,23). The first kappa shape index (κ1) is 17.7. The summed E-state index contributed by atoms with van der Waals surface area (Å²) < 4.78 is 27.8. The highest BCUT2D eigenvalue weighted by Crippen LogP contribution is 2.26. The van der Waals surface area contributed by atoms with Crippen molar-refractivity contribution < 1.29 is 8.78 Å². The van der Waals surface area contributed by atoms with Crippen LogP contribution < -0.4 is 15.5 Å². The Morgan fingerprint density at radius 2 is 2.08 bits per heavy atom. The first-order valence-corrected chi connectivity index (χ1v) is 9.24. The SMILES string of the molecule is CN=C(NCCc1cccs1)NC1CCN(c2c(F)cccc2F)C1. The Labute approximate surface area is 150 Å². The van der Waals surface area contributed by atoms with Crippen LogP contribution in [0.1, 0.15) is 11.3 Å². The monoisotopic (exact) mass is 364 g/mol. The summed E-state index contributed by atoms with van der Waals surface area (Å²) in [6.45, 7) is 1.95. The van der Waals surface area contributed by atoms with Crippen LogP contribution in [0.15, 0.2) is 40.7 Å². The van der Waals surface area contributed by atoms with Crippen molar-refractivity contribution >= 4 is 23.0 Å². The number of benzene rings is 1. The third kappa shape index (κ3) is 4.48. The first-order chi connectivity index (χ1) is 12.2. The van der Waals surface area contributed by atoms with E-state index in [0.717, 1.165) is 25.3 Å². The number of halogens is 2. The summed E-state index contributed by atoms with van der Waals surface area (Å²) in [6, 6.07) is 8.24. The molecule has 0 bridgehead atoms. The van der Waals surface area contributed by atoms with Gasteiger partial charge in [0.1, 0.15) is 17.3 Å². The highest BCUT2D eigenvalue weighted by molar-refractivity contribution is 7.09. The fourth-order valence-electron chi connectivity index (χ4n) is 3.02. The Morgan fingerprint density at radius 1 is 1.28 bits per heavy atom. The fraction of sp³-hybridized carbons (Fsp3) is 0.389. The number of rotatable bonds is 5. The summed E-state index contributed by atoms with van der Waals surface area (Å²) in [5, 5.41) is 8.70. The van der Waals surface area contributed by atoms with Crippen molar-refractivity contribution in [1.82, 2.24) is 10.6 Å². The van der Waals surface area contributed by atoms with E-state index in [0.29, 0.717) is 13.1 Å². The van der Waals surface area contributed by atoms with Crippen molar-refractivity contribution in [3.05, 3.63) is 52.2 Å². The third-order valence-corrected chi connectivity index (χ3v) is 5.19. The summed E-state index contributed by atoms with van der Waals surface area (Å²) in [4.78, 5) is 7.31. The van der Waals surface area contributed by atoms with Gasteiger partial charge in [-0.3, -0.25) is 4.99 Å². The van der Waals surface area contributed by atoms with Crippen molar-refractivity contribution in [1.29, 1.82) is 0 Å². The van der Waals surface area contributed by atoms with Gasteiger partial charge in [0, 0.05) is 37.6 Å². The maximum absolute atomic E-state index is 13.9. The summed E-state index contributed by atoms with van der Waals surface area (Å²) >= 11 is 1.74. The van der Waals surface area contributed by atoms with Gasteiger partial charge in [-0.25, -0.2) is 8.78 Å². The third-order valence-electron chi connectivity index (χ3n) is 4.25. The number of aliphatic imine (C=N–C) groups is 1. The van der Waals surface area contributed by atoms with E-state index in [2.05, 4.69) is 27.1 Å². The number of anilines is 1. The average Bonchev–Trinajstić information content (AvgIpc) is 3.26. The summed E-state index contributed by atoms with van der Waals surface area (Å²) in [5.41, 5.74) is 0.0624. The molecule has 1 aromatic heterocycles. The Bertz CT molecular complexity index is 698. The lowest BCUT2D eigenvalue weighted by Gasteiger charge is -2.21. The zero-order valence-electron chi connectivity index (χ0n) is 14.1. The number of hydrogen-bond donors (Lipinski definition) is 2. The maximum Gasteiger partial charge on any atom is 0.191 e. The van der Waals surface area contributed by atoms with Gasteiger partial charge >= 0.3 is 0 Å². The number of hydrogen-bond acceptors (Lipinski definition) is 3. The fourth-order valence-corrected chi connectivity index (χ4v) is 3.73. The van der Waals surface area contributed by atoms with Crippen LogP contribution in [0, 0.1) is 11.6 Å². The van der Waals surface area contributed by atoms with Crippen molar-refractivity contribution in [2.45, 2.75) is 18.9 Å². The zero-order chi connectivity index (χ0) is 17.6. The smallest absolute Gasteiger partial charge is 0.191 e. The van der Waals surface area contributed by atoms with Crippen LogP contribution in [-0.4, -0.2) is 38.7 Å². The van der Waals surface area contributed by atoms with Gasteiger partial charge in [0.25, 0.3) is 0 Å². The number of para-hydroxylation sites is 1. The van der Waals surface area contributed by atoms with Crippen LogP contribution in [0.25, 0.3) is 0 Å². The lowest BCUT2D eigenvalue weighted by atomic mass is 10.2.